The molecule has 38 heavy (non-hydrogen) atoms. The van der Waals surface area contributed by atoms with Crippen molar-refractivity contribution >= 4 is 17.2 Å². The number of aryl methyl sites for hydroxylation is 1. The lowest BCUT2D eigenvalue weighted by atomic mass is 10.0. The highest BCUT2D eigenvalue weighted by atomic mass is 19.4. The van der Waals surface area contributed by atoms with E-state index >= 15 is 0 Å². The molecule has 9 heteroatoms. The lowest BCUT2D eigenvalue weighted by Crippen LogP contribution is -2.34. The Morgan fingerprint density at radius 3 is 2.55 bits per heavy atom. The van der Waals surface area contributed by atoms with Crippen LogP contribution in [0.15, 0.2) is 60.9 Å². The number of fused-ring (bicyclic) bond motifs is 1. The molecular weight excluding hydrogens is 493 g/mol. The topological polar surface area (TPSA) is 67.7 Å². The number of carbonyl (C=O) groups excluding carboxylic acids is 1. The summed E-state index contributed by atoms with van der Waals surface area (Å²) < 4.78 is 45.9. The average Bonchev–Trinajstić information content (AvgIpc) is 3.42. The minimum Gasteiger partial charge on any atom is -0.496 e. The molecular formula is C29H29F3N4O2. The quantitative estimate of drug-likeness (QED) is 0.273. The first-order valence-corrected chi connectivity index (χ1v) is 12.5. The summed E-state index contributed by atoms with van der Waals surface area (Å²) in [5.74, 6) is 0.555. The van der Waals surface area contributed by atoms with E-state index < -0.39 is 12.6 Å². The van der Waals surface area contributed by atoms with Crippen molar-refractivity contribution in [2.24, 2.45) is 0 Å². The van der Waals surface area contributed by atoms with E-state index in [1.807, 2.05) is 62.6 Å². The molecule has 2 heterocycles. The highest BCUT2D eigenvalue weighted by Crippen LogP contribution is 2.36. The van der Waals surface area contributed by atoms with Crippen LogP contribution >= 0.6 is 0 Å². The predicted octanol–water partition coefficient (Wildman–Crippen LogP) is 6.63. The lowest BCUT2D eigenvalue weighted by molar-refractivity contribution is -0.131. The number of imidazole rings is 1. The maximum absolute atomic E-state index is 12.9. The molecule has 1 fully saturated rings. The Bertz CT molecular complexity index is 1510. The lowest BCUT2D eigenvalue weighted by Gasteiger charge is -2.13. The number of pyridine rings is 1. The van der Waals surface area contributed by atoms with Crippen LogP contribution in [0.3, 0.4) is 0 Å². The molecule has 0 spiro atoms. The summed E-state index contributed by atoms with van der Waals surface area (Å²) in [6.45, 7) is 3.64. The van der Waals surface area contributed by atoms with Gasteiger partial charge in [-0.2, -0.15) is 13.2 Å². The molecule has 0 atom stereocenters. The molecule has 6 nitrogen and oxygen atoms in total. The summed E-state index contributed by atoms with van der Waals surface area (Å²) in [7, 11) is 1.58. The molecule has 2 N–H and O–H groups in total. The van der Waals surface area contributed by atoms with Crippen LogP contribution in [-0.2, 0) is 0 Å². The molecule has 198 valence electrons. The van der Waals surface area contributed by atoms with Gasteiger partial charge in [0.1, 0.15) is 5.75 Å². The Labute approximate surface area is 218 Å². The zero-order valence-corrected chi connectivity index (χ0v) is 21.4. The number of methoxy groups -OCH3 is 1. The van der Waals surface area contributed by atoms with Crippen molar-refractivity contribution in [1.29, 1.82) is 0 Å². The normalized spacial score (nSPS) is 14.4. The molecule has 2 aromatic heterocycles. The fourth-order valence-electron chi connectivity index (χ4n) is 4.47. The van der Waals surface area contributed by atoms with Crippen LogP contribution in [0.1, 0.15) is 42.1 Å². The van der Waals surface area contributed by atoms with Crippen molar-refractivity contribution in [3.8, 4) is 28.1 Å². The summed E-state index contributed by atoms with van der Waals surface area (Å²) >= 11 is 0. The molecule has 0 bridgehead atoms. The third-order valence-electron chi connectivity index (χ3n) is 6.88. The number of benzene rings is 2. The summed E-state index contributed by atoms with van der Waals surface area (Å²) in [6.07, 6.45) is 0.438. The molecule has 1 amide bonds. The number of alkyl halides is 3. The van der Waals surface area contributed by atoms with Crippen LogP contribution in [0.25, 0.3) is 28.0 Å². The minimum atomic E-state index is -4.27. The third kappa shape index (κ3) is 5.46. The Kier molecular flexibility index (Phi) is 6.54. The van der Waals surface area contributed by atoms with E-state index in [0.717, 1.165) is 35.1 Å². The standard InChI is InChI=1S/C29H29F3N4O2/c1-18-14-19(8-9-21(18)27(37)35-28(2)10-11-28)24-17-36-16-20(22-6-4-5-7-25(22)38-3)15-23(26(36)34-24)33-13-12-29(30,31)32/h4-9,14-17,33H,10-13H2,1-3H3,(H,35,37). The number of para-hydroxylation sites is 1. The number of hydrogen-bond acceptors (Lipinski definition) is 4. The van der Waals surface area contributed by atoms with Gasteiger partial charge >= 0.3 is 6.18 Å². The molecule has 4 aromatic rings. The molecule has 1 aliphatic rings. The summed E-state index contributed by atoms with van der Waals surface area (Å²) in [6, 6.07) is 14.8. The van der Waals surface area contributed by atoms with E-state index in [9.17, 15) is 18.0 Å². The first-order valence-electron chi connectivity index (χ1n) is 12.5. The van der Waals surface area contributed by atoms with E-state index in [4.69, 9.17) is 9.72 Å². The van der Waals surface area contributed by atoms with E-state index in [-0.39, 0.29) is 18.0 Å². The number of ether oxygens (including phenoxy) is 1. The SMILES string of the molecule is COc1ccccc1-c1cc(NCCC(F)(F)F)c2nc(-c3ccc(C(=O)NC4(C)CC4)c(C)c3)cn2c1. The maximum atomic E-state index is 12.9. The van der Waals surface area contributed by atoms with Crippen molar-refractivity contribution in [3.63, 3.8) is 0 Å². The molecule has 2 aromatic carbocycles. The van der Waals surface area contributed by atoms with Crippen LogP contribution in [-0.4, -0.2) is 40.7 Å². The molecule has 1 aliphatic carbocycles. The van der Waals surface area contributed by atoms with E-state index in [0.29, 0.717) is 28.3 Å². The number of nitrogens with zero attached hydrogens (tertiary/aromatic N) is 2. The van der Waals surface area contributed by atoms with Gasteiger partial charge in [0.25, 0.3) is 5.91 Å². The molecule has 5 rings (SSSR count). The van der Waals surface area contributed by atoms with Gasteiger partial charge in [-0.05, 0) is 56.5 Å². The molecule has 0 saturated heterocycles. The van der Waals surface area contributed by atoms with Crippen LogP contribution < -0.4 is 15.4 Å². The van der Waals surface area contributed by atoms with E-state index in [1.54, 1.807) is 23.6 Å². The second-order valence-electron chi connectivity index (χ2n) is 10.0. The number of rotatable bonds is 8. The summed E-state index contributed by atoms with van der Waals surface area (Å²) in [4.78, 5) is 17.5. The first kappa shape index (κ1) is 25.6. The number of aromatic nitrogens is 2. The maximum Gasteiger partial charge on any atom is 0.390 e. The number of anilines is 1. The Morgan fingerprint density at radius 1 is 1.11 bits per heavy atom. The van der Waals surface area contributed by atoms with Gasteiger partial charge in [-0.15, -0.1) is 0 Å². The fourth-order valence-corrected chi connectivity index (χ4v) is 4.47. The predicted molar refractivity (Wildman–Crippen MR) is 142 cm³/mol. The summed E-state index contributed by atoms with van der Waals surface area (Å²) in [5.41, 5.74) is 5.32. The van der Waals surface area contributed by atoms with Crippen molar-refractivity contribution in [3.05, 3.63) is 72.1 Å². The second-order valence-corrected chi connectivity index (χ2v) is 10.0. The van der Waals surface area contributed by atoms with Gasteiger partial charge in [-0.25, -0.2) is 4.98 Å². The highest BCUT2D eigenvalue weighted by Gasteiger charge is 2.39. The molecule has 0 radical (unpaired) electrons. The zero-order chi connectivity index (χ0) is 27.1. The first-order chi connectivity index (χ1) is 18.0. The van der Waals surface area contributed by atoms with Crippen molar-refractivity contribution < 1.29 is 22.7 Å². The van der Waals surface area contributed by atoms with Gasteiger partial charge in [0, 0.05) is 46.7 Å². The van der Waals surface area contributed by atoms with Crippen LogP contribution in [0.2, 0.25) is 0 Å². The number of halogens is 3. The van der Waals surface area contributed by atoms with Crippen LogP contribution in [0.5, 0.6) is 5.75 Å². The molecule has 1 saturated carbocycles. The number of amides is 1. The largest absolute Gasteiger partial charge is 0.496 e. The highest BCUT2D eigenvalue weighted by molar-refractivity contribution is 5.97. The van der Waals surface area contributed by atoms with Gasteiger partial charge < -0.3 is 19.8 Å². The summed E-state index contributed by atoms with van der Waals surface area (Å²) in [5, 5.41) is 6.00. The smallest absolute Gasteiger partial charge is 0.390 e. The Morgan fingerprint density at radius 2 is 1.87 bits per heavy atom. The van der Waals surface area contributed by atoms with Crippen molar-refractivity contribution in [2.75, 3.05) is 19.0 Å². The van der Waals surface area contributed by atoms with Gasteiger partial charge in [-0.1, -0.05) is 24.3 Å². The Hall–Kier alpha value is -4.01. The van der Waals surface area contributed by atoms with Gasteiger partial charge in [0.2, 0.25) is 0 Å². The monoisotopic (exact) mass is 522 g/mol. The Balaban J connectivity index is 1.52. The van der Waals surface area contributed by atoms with Crippen LogP contribution in [0.4, 0.5) is 18.9 Å². The number of carbonyl (C=O) groups is 1. The van der Waals surface area contributed by atoms with Crippen LogP contribution in [0, 0.1) is 6.92 Å². The van der Waals surface area contributed by atoms with Gasteiger partial charge in [-0.3, -0.25) is 4.79 Å². The third-order valence-corrected chi connectivity index (χ3v) is 6.88. The van der Waals surface area contributed by atoms with Crippen molar-refractivity contribution in [1.82, 2.24) is 14.7 Å². The fraction of sp³-hybridized carbons (Fsp3) is 0.310. The van der Waals surface area contributed by atoms with Gasteiger partial charge in [0.15, 0.2) is 5.65 Å². The van der Waals surface area contributed by atoms with Gasteiger partial charge in [0.05, 0.1) is 24.9 Å². The zero-order valence-electron chi connectivity index (χ0n) is 21.4. The van der Waals surface area contributed by atoms with E-state index in [1.165, 1.54) is 0 Å². The number of nitrogens with one attached hydrogen (secondary N) is 2. The second kappa shape index (κ2) is 9.70. The van der Waals surface area contributed by atoms with Crippen molar-refractivity contribution in [2.45, 2.75) is 44.8 Å². The molecule has 0 aliphatic heterocycles. The minimum absolute atomic E-state index is 0.0957. The molecule has 0 unspecified atom stereocenters. The van der Waals surface area contributed by atoms with E-state index in [2.05, 4.69) is 10.6 Å². The average molecular weight is 523 g/mol. The number of hydrogen-bond donors (Lipinski definition) is 2.